The highest BCUT2D eigenvalue weighted by atomic mass is 32.1. The first-order chi connectivity index (χ1) is 7.75. The molecule has 2 aromatic rings. The van der Waals surface area contributed by atoms with E-state index in [4.69, 9.17) is 0 Å². The normalized spacial score (nSPS) is 10.4. The summed E-state index contributed by atoms with van der Waals surface area (Å²) in [5, 5.41) is 4.19. The number of hydrogen-bond acceptors (Lipinski definition) is 4. The first kappa shape index (κ1) is 11.1. The first-order valence-electron chi connectivity index (χ1n) is 5.34. The van der Waals surface area contributed by atoms with Crippen LogP contribution in [0.3, 0.4) is 0 Å². The molecule has 0 radical (unpaired) electrons. The van der Waals surface area contributed by atoms with Crippen LogP contribution in [0.2, 0.25) is 0 Å². The van der Waals surface area contributed by atoms with E-state index in [2.05, 4.69) is 45.9 Å². The molecule has 0 bridgehead atoms. The maximum absolute atomic E-state index is 4.26. The lowest BCUT2D eigenvalue weighted by molar-refractivity contribution is 0.997. The van der Waals surface area contributed by atoms with Gasteiger partial charge in [0.15, 0.2) is 0 Å². The molecule has 0 spiro atoms. The van der Waals surface area contributed by atoms with E-state index in [1.807, 2.05) is 6.92 Å². The maximum Gasteiger partial charge on any atom is 0.202 e. The summed E-state index contributed by atoms with van der Waals surface area (Å²) in [5.74, 6) is 0.836. The molecule has 0 aliphatic heterocycles. The van der Waals surface area contributed by atoms with Crippen molar-refractivity contribution in [1.29, 1.82) is 0 Å². The summed E-state index contributed by atoms with van der Waals surface area (Å²) in [5.41, 5.74) is 2.73. The molecule has 0 saturated carbocycles. The molecule has 0 atom stereocenters. The minimum absolute atomic E-state index is 0.836. The van der Waals surface area contributed by atoms with E-state index in [0.717, 1.165) is 23.9 Å². The van der Waals surface area contributed by atoms with Crippen molar-refractivity contribution in [2.24, 2.45) is 0 Å². The minimum Gasteiger partial charge on any atom is -0.360 e. The summed E-state index contributed by atoms with van der Waals surface area (Å²) in [6, 6.07) is 8.46. The van der Waals surface area contributed by atoms with Gasteiger partial charge >= 0.3 is 0 Å². The van der Waals surface area contributed by atoms with Gasteiger partial charge in [0.1, 0.15) is 5.82 Å². The lowest BCUT2D eigenvalue weighted by atomic mass is 10.1. The van der Waals surface area contributed by atoms with Crippen molar-refractivity contribution in [2.75, 3.05) is 11.9 Å². The molecule has 1 aromatic heterocycles. The second kappa shape index (κ2) is 5.07. The second-order valence-corrected chi connectivity index (χ2v) is 4.50. The molecule has 3 nitrogen and oxygen atoms in total. The SMILES string of the molecule is Cc1nsc(NCCc2ccccc2C)n1. The zero-order valence-corrected chi connectivity index (χ0v) is 10.3. The summed E-state index contributed by atoms with van der Waals surface area (Å²) in [6.07, 6.45) is 1.02. The fraction of sp³-hybridized carbons (Fsp3) is 0.333. The van der Waals surface area contributed by atoms with E-state index in [9.17, 15) is 0 Å². The lowest BCUT2D eigenvalue weighted by Crippen LogP contribution is -2.05. The molecule has 0 fully saturated rings. The van der Waals surface area contributed by atoms with Crippen LogP contribution in [0, 0.1) is 13.8 Å². The van der Waals surface area contributed by atoms with Crippen LogP contribution in [-0.4, -0.2) is 15.9 Å². The van der Waals surface area contributed by atoms with Crippen molar-refractivity contribution in [1.82, 2.24) is 9.36 Å². The van der Waals surface area contributed by atoms with Crippen LogP contribution in [0.25, 0.3) is 0 Å². The number of rotatable bonds is 4. The summed E-state index contributed by atoms with van der Waals surface area (Å²) in [4.78, 5) is 4.26. The average Bonchev–Trinajstić information content (AvgIpc) is 2.67. The summed E-state index contributed by atoms with van der Waals surface area (Å²) >= 11 is 1.42. The molecule has 0 saturated heterocycles. The van der Waals surface area contributed by atoms with Gasteiger partial charge in [-0.1, -0.05) is 24.3 Å². The van der Waals surface area contributed by atoms with Gasteiger partial charge in [0.05, 0.1) is 0 Å². The largest absolute Gasteiger partial charge is 0.360 e. The highest BCUT2D eigenvalue weighted by Gasteiger charge is 2.00. The van der Waals surface area contributed by atoms with Gasteiger partial charge in [-0.3, -0.25) is 0 Å². The van der Waals surface area contributed by atoms with Gasteiger partial charge in [-0.05, 0) is 31.4 Å². The number of aryl methyl sites for hydroxylation is 2. The highest BCUT2D eigenvalue weighted by molar-refractivity contribution is 7.09. The number of nitrogens with zero attached hydrogens (tertiary/aromatic N) is 2. The van der Waals surface area contributed by atoms with Crippen LogP contribution in [0.1, 0.15) is 17.0 Å². The first-order valence-corrected chi connectivity index (χ1v) is 6.12. The van der Waals surface area contributed by atoms with Gasteiger partial charge in [-0.2, -0.15) is 4.37 Å². The standard InChI is InChI=1S/C12H15N3S/c1-9-5-3-4-6-11(9)7-8-13-12-14-10(2)15-16-12/h3-6H,7-8H2,1-2H3,(H,13,14,15). The van der Waals surface area contributed by atoms with Crippen molar-refractivity contribution in [3.05, 3.63) is 41.2 Å². The van der Waals surface area contributed by atoms with Crippen molar-refractivity contribution in [3.63, 3.8) is 0 Å². The summed E-state index contributed by atoms with van der Waals surface area (Å²) in [6.45, 7) is 4.95. The Kier molecular flexibility index (Phi) is 3.51. The molecule has 1 aromatic carbocycles. The topological polar surface area (TPSA) is 37.8 Å². The lowest BCUT2D eigenvalue weighted by Gasteiger charge is -2.05. The molecular weight excluding hydrogens is 218 g/mol. The van der Waals surface area contributed by atoms with Gasteiger partial charge in [-0.25, -0.2) is 4.98 Å². The third-order valence-corrected chi connectivity index (χ3v) is 3.22. The minimum atomic E-state index is 0.836. The Labute approximate surface area is 99.7 Å². The van der Waals surface area contributed by atoms with Gasteiger partial charge in [0, 0.05) is 18.1 Å². The molecule has 1 heterocycles. The number of anilines is 1. The van der Waals surface area contributed by atoms with Crippen LogP contribution in [0.5, 0.6) is 0 Å². The second-order valence-electron chi connectivity index (χ2n) is 3.75. The van der Waals surface area contributed by atoms with Gasteiger partial charge in [0.25, 0.3) is 0 Å². The highest BCUT2D eigenvalue weighted by Crippen LogP contribution is 2.11. The molecule has 0 aliphatic carbocycles. The van der Waals surface area contributed by atoms with E-state index in [1.54, 1.807) is 0 Å². The van der Waals surface area contributed by atoms with Gasteiger partial charge in [-0.15, -0.1) is 0 Å². The predicted octanol–water partition coefficient (Wildman–Crippen LogP) is 2.81. The van der Waals surface area contributed by atoms with Crippen LogP contribution in [0.4, 0.5) is 5.13 Å². The summed E-state index contributed by atoms with van der Waals surface area (Å²) in [7, 11) is 0. The molecule has 1 N–H and O–H groups in total. The van der Waals surface area contributed by atoms with Crippen molar-refractivity contribution >= 4 is 16.7 Å². The number of nitrogens with one attached hydrogen (secondary N) is 1. The van der Waals surface area contributed by atoms with Crippen LogP contribution < -0.4 is 5.32 Å². The third kappa shape index (κ3) is 2.79. The van der Waals surface area contributed by atoms with Gasteiger partial charge < -0.3 is 5.32 Å². The molecule has 4 heteroatoms. The molecular formula is C12H15N3S. The van der Waals surface area contributed by atoms with E-state index in [0.29, 0.717) is 0 Å². The van der Waals surface area contributed by atoms with Crippen molar-refractivity contribution in [2.45, 2.75) is 20.3 Å². The predicted molar refractivity (Wildman–Crippen MR) is 68.0 cm³/mol. The smallest absolute Gasteiger partial charge is 0.202 e. The molecule has 0 unspecified atom stereocenters. The Hall–Kier alpha value is -1.42. The zero-order valence-electron chi connectivity index (χ0n) is 9.53. The average molecular weight is 233 g/mol. The van der Waals surface area contributed by atoms with E-state index in [1.165, 1.54) is 22.7 Å². The Morgan fingerprint density at radius 2 is 2.06 bits per heavy atom. The van der Waals surface area contributed by atoms with Crippen LogP contribution >= 0.6 is 11.5 Å². The Bertz CT molecular complexity index is 465. The molecule has 16 heavy (non-hydrogen) atoms. The van der Waals surface area contributed by atoms with E-state index >= 15 is 0 Å². The van der Waals surface area contributed by atoms with Crippen molar-refractivity contribution < 1.29 is 0 Å². The molecule has 0 aliphatic rings. The zero-order chi connectivity index (χ0) is 11.4. The van der Waals surface area contributed by atoms with Gasteiger partial charge in [0.2, 0.25) is 5.13 Å². The Balaban J connectivity index is 1.87. The van der Waals surface area contributed by atoms with E-state index < -0.39 is 0 Å². The maximum atomic E-state index is 4.26. The van der Waals surface area contributed by atoms with Crippen molar-refractivity contribution in [3.8, 4) is 0 Å². The fourth-order valence-corrected chi connectivity index (χ4v) is 2.16. The quantitative estimate of drug-likeness (QED) is 0.882. The number of benzene rings is 1. The third-order valence-electron chi connectivity index (χ3n) is 2.46. The van der Waals surface area contributed by atoms with Crippen LogP contribution in [0.15, 0.2) is 24.3 Å². The van der Waals surface area contributed by atoms with Crippen LogP contribution in [-0.2, 0) is 6.42 Å². The number of hydrogen-bond donors (Lipinski definition) is 1. The number of aromatic nitrogens is 2. The Morgan fingerprint density at radius 1 is 1.25 bits per heavy atom. The molecule has 84 valence electrons. The molecule has 0 amide bonds. The Morgan fingerprint density at radius 3 is 2.75 bits per heavy atom. The van der Waals surface area contributed by atoms with E-state index in [-0.39, 0.29) is 0 Å². The molecule has 2 rings (SSSR count). The fourth-order valence-electron chi connectivity index (χ4n) is 1.56. The monoisotopic (exact) mass is 233 g/mol. The summed E-state index contributed by atoms with van der Waals surface area (Å²) < 4.78 is 4.13.